The molecule has 0 unspecified atom stereocenters. The number of fused-ring (bicyclic) bond motifs is 1. The number of rotatable bonds is 3. The maximum Gasteiger partial charge on any atom is 0.322 e. The topological polar surface area (TPSA) is 72.9 Å². The number of urea groups is 1. The van der Waals surface area contributed by atoms with Crippen molar-refractivity contribution in [1.82, 2.24) is 9.88 Å². The maximum atomic E-state index is 12.2. The van der Waals surface area contributed by atoms with Gasteiger partial charge in [0.05, 0.1) is 13.1 Å². The van der Waals surface area contributed by atoms with Crippen LogP contribution in [0, 0.1) is 0 Å². The van der Waals surface area contributed by atoms with Gasteiger partial charge < -0.3 is 24.4 Å². The number of carbonyl (C=O) groups excluding carboxylic acids is 1. The molecule has 7 nitrogen and oxygen atoms in total. The molecule has 1 fully saturated rings. The summed E-state index contributed by atoms with van der Waals surface area (Å²) in [7, 11) is 0. The molecule has 0 aliphatic carbocycles. The third kappa shape index (κ3) is 2.90. The van der Waals surface area contributed by atoms with Crippen molar-refractivity contribution >= 4 is 23.3 Å². The predicted molar refractivity (Wildman–Crippen MR) is 86.8 cm³/mol. The van der Waals surface area contributed by atoms with Crippen molar-refractivity contribution in [3.63, 3.8) is 0 Å². The standard InChI is InChI=1S/C16H14ClN3O4/c17-12-2-1-5-18-15(12)24-11-7-20(8-11)16(21)19-10-3-4-13-14(6-10)23-9-22-13/h1-6,11H,7-9H2,(H,19,21). The van der Waals surface area contributed by atoms with Crippen LogP contribution < -0.4 is 19.5 Å². The molecule has 2 aliphatic heterocycles. The second kappa shape index (κ2) is 6.09. The fraction of sp³-hybridized carbons (Fsp3) is 0.250. The Hall–Kier alpha value is -2.67. The molecule has 8 heteroatoms. The van der Waals surface area contributed by atoms with Crippen LogP contribution in [0.15, 0.2) is 36.5 Å². The normalized spacial score (nSPS) is 15.8. The lowest BCUT2D eigenvalue weighted by Crippen LogP contribution is -2.57. The summed E-state index contributed by atoms with van der Waals surface area (Å²) < 4.78 is 16.2. The van der Waals surface area contributed by atoms with Gasteiger partial charge in [0.25, 0.3) is 0 Å². The van der Waals surface area contributed by atoms with Crippen molar-refractivity contribution in [2.75, 3.05) is 25.2 Å². The molecule has 1 aromatic carbocycles. The third-order valence-electron chi connectivity index (χ3n) is 3.76. The number of aromatic nitrogens is 1. The van der Waals surface area contributed by atoms with Gasteiger partial charge in [-0.3, -0.25) is 0 Å². The average Bonchev–Trinajstić information content (AvgIpc) is 2.99. The van der Waals surface area contributed by atoms with Crippen LogP contribution in [0.25, 0.3) is 0 Å². The molecule has 1 N–H and O–H groups in total. The molecule has 2 aromatic rings. The highest BCUT2D eigenvalue weighted by atomic mass is 35.5. The van der Waals surface area contributed by atoms with Gasteiger partial charge in [0.15, 0.2) is 11.5 Å². The van der Waals surface area contributed by atoms with Crippen LogP contribution in [0.4, 0.5) is 10.5 Å². The van der Waals surface area contributed by atoms with Gasteiger partial charge in [-0.15, -0.1) is 0 Å². The number of benzene rings is 1. The number of halogens is 1. The Labute approximate surface area is 143 Å². The number of nitrogens with one attached hydrogen (secondary N) is 1. The SMILES string of the molecule is O=C(Nc1ccc2c(c1)OCO2)N1CC(Oc2ncccc2Cl)C1. The summed E-state index contributed by atoms with van der Waals surface area (Å²) in [6.45, 7) is 1.15. The molecule has 24 heavy (non-hydrogen) atoms. The second-order valence-corrected chi connectivity index (χ2v) is 5.84. The van der Waals surface area contributed by atoms with Gasteiger partial charge in [0.1, 0.15) is 11.1 Å². The molecule has 2 aliphatic rings. The Morgan fingerprint density at radius 1 is 1.29 bits per heavy atom. The Kier molecular flexibility index (Phi) is 3.78. The van der Waals surface area contributed by atoms with E-state index in [1.54, 1.807) is 41.4 Å². The number of hydrogen-bond donors (Lipinski definition) is 1. The average molecular weight is 348 g/mol. The lowest BCUT2D eigenvalue weighted by molar-refractivity contribution is 0.0462. The van der Waals surface area contributed by atoms with E-state index in [-0.39, 0.29) is 18.9 Å². The van der Waals surface area contributed by atoms with Crippen molar-refractivity contribution in [1.29, 1.82) is 0 Å². The van der Waals surface area contributed by atoms with Crippen LogP contribution in [-0.4, -0.2) is 41.9 Å². The first-order valence-electron chi connectivity index (χ1n) is 7.42. The summed E-state index contributed by atoms with van der Waals surface area (Å²) in [6.07, 6.45) is 1.50. The number of amides is 2. The number of pyridine rings is 1. The van der Waals surface area contributed by atoms with Crippen LogP contribution in [0.1, 0.15) is 0 Å². The van der Waals surface area contributed by atoms with Crippen LogP contribution in [0.2, 0.25) is 5.02 Å². The molecule has 124 valence electrons. The van der Waals surface area contributed by atoms with Crippen molar-refractivity contribution in [2.24, 2.45) is 0 Å². The monoisotopic (exact) mass is 347 g/mol. The van der Waals surface area contributed by atoms with Crippen molar-refractivity contribution in [2.45, 2.75) is 6.10 Å². The van der Waals surface area contributed by atoms with Gasteiger partial charge in [-0.05, 0) is 24.3 Å². The highest BCUT2D eigenvalue weighted by Crippen LogP contribution is 2.34. The Morgan fingerprint density at radius 3 is 2.96 bits per heavy atom. The first-order valence-corrected chi connectivity index (χ1v) is 7.79. The van der Waals surface area contributed by atoms with Gasteiger partial charge in [-0.25, -0.2) is 9.78 Å². The van der Waals surface area contributed by atoms with E-state index >= 15 is 0 Å². The summed E-state index contributed by atoms with van der Waals surface area (Å²) in [4.78, 5) is 17.9. The Morgan fingerprint density at radius 2 is 2.12 bits per heavy atom. The molecule has 0 saturated carbocycles. The molecule has 0 bridgehead atoms. The van der Waals surface area contributed by atoms with E-state index in [0.717, 1.165) is 0 Å². The summed E-state index contributed by atoms with van der Waals surface area (Å²) in [6, 6.07) is 8.53. The van der Waals surface area contributed by atoms with Crippen molar-refractivity contribution in [3.05, 3.63) is 41.6 Å². The van der Waals surface area contributed by atoms with Gasteiger partial charge in [0, 0.05) is 18.0 Å². The fourth-order valence-electron chi connectivity index (χ4n) is 2.47. The van der Waals surface area contributed by atoms with Gasteiger partial charge >= 0.3 is 6.03 Å². The molecule has 2 amide bonds. The van der Waals surface area contributed by atoms with Crippen molar-refractivity contribution < 1.29 is 19.0 Å². The predicted octanol–water partition coefficient (Wildman–Crippen LogP) is 2.76. The minimum absolute atomic E-state index is 0.111. The lowest BCUT2D eigenvalue weighted by Gasteiger charge is -2.38. The number of nitrogens with zero attached hydrogens (tertiary/aromatic N) is 2. The highest BCUT2D eigenvalue weighted by Gasteiger charge is 2.33. The Balaban J connectivity index is 1.31. The minimum atomic E-state index is -0.194. The van der Waals surface area contributed by atoms with E-state index in [0.29, 0.717) is 41.2 Å². The molecule has 0 atom stereocenters. The summed E-state index contributed by atoms with van der Waals surface area (Å²) in [5.41, 5.74) is 0.654. The summed E-state index contributed by atoms with van der Waals surface area (Å²) >= 11 is 6.00. The van der Waals surface area contributed by atoms with E-state index < -0.39 is 0 Å². The number of likely N-dealkylation sites (tertiary alicyclic amines) is 1. The largest absolute Gasteiger partial charge is 0.470 e. The molecular formula is C16H14ClN3O4. The smallest absolute Gasteiger partial charge is 0.322 e. The zero-order chi connectivity index (χ0) is 16.5. The lowest BCUT2D eigenvalue weighted by atomic mass is 10.2. The molecule has 0 radical (unpaired) electrons. The number of hydrogen-bond acceptors (Lipinski definition) is 5. The van der Waals surface area contributed by atoms with Crippen LogP contribution in [0.3, 0.4) is 0 Å². The van der Waals surface area contributed by atoms with Crippen LogP contribution in [-0.2, 0) is 0 Å². The number of anilines is 1. The van der Waals surface area contributed by atoms with E-state index in [2.05, 4.69) is 10.3 Å². The molecule has 0 spiro atoms. The van der Waals surface area contributed by atoms with E-state index in [1.807, 2.05) is 0 Å². The minimum Gasteiger partial charge on any atom is -0.470 e. The Bertz CT molecular complexity index is 780. The zero-order valence-corrected chi connectivity index (χ0v) is 13.3. The first-order chi connectivity index (χ1) is 11.7. The molecule has 3 heterocycles. The molecule has 4 rings (SSSR count). The van der Waals surface area contributed by atoms with E-state index in [1.165, 1.54) is 0 Å². The van der Waals surface area contributed by atoms with E-state index in [9.17, 15) is 4.79 Å². The van der Waals surface area contributed by atoms with Gasteiger partial charge in [-0.1, -0.05) is 11.6 Å². The summed E-state index contributed by atoms with van der Waals surface area (Å²) in [5, 5.41) is 3.28. The fourth-order valence-corrected chi connectivity index (χ4v) is 2.64. The van der Waals surface area contributed by atoms with Crippen LogP contribution in [0.5, 0.6) is 17.4 Å². The molecular weight excluding hydrogens is 334 g/mol. The highest BCUT2D eigenvalue weighted by molar-refractivity contribution is 6.31. The second-order valence-electron chi connectivity index (χ2n) is 5.43. The molecule has 1 aromatic heterocycles. The maximum absolute atomic E-state index is 12.2. The molecule has 1 saturated heterocycles. The van der Waals surface area contributed by atoms with Crippen LogP contribution >= 0.6 is 11.6 Å². The van der Waals surface area contributed by atoms with E-state index in [4.69, 9.17) is 25.8 Å². The van der Waals surface area contributed by atoms with Gasteiger partial charge in [-0.2, -0.15) is 0 Å². The quantitative estimate of drug-likeness (QED) is 0.924. The number of carbonyl (C=O) groups is 1. The van der Waals surface area contributed by atoms with Gasteiger partial charge in [0.2, 0.25) is 12.7 Å². The number of ether oxygens (including phenoxy) is 3. The summed E-state index contributed by atoms with van der Waals surface area (Å²) in [5.74, 6) is 1.69. The zero-order valence-electron chi connectivity index (χ0n) is 12.6. The van der Waals surface area contributed by atoms with Crippen molar-refractivity contribution in [3.8, 4) is 17.4 Å². The first kappa shape index (κ1) is 14.9. The third-order valence-corrected chi connectivity index (χ3v) is 4.05.